The highest BCUT2D eigenvalue weighted by Gasteiger charge is 2.21. The van der Waals surface area contributed by atoms with Crippen molar-refractivity contribution in [3.05, 3.63) is 35.4 Å². The van der Waals surface area contributed by atoms with Gasteiger partial charge in [-0.1, -0.05) is 26.0 Å². The molecule has 0 atom stereocenters. The molecule has 0 spiro atoms. The number of nitrogens with one attached hydrogen (secondary N) is 1. The second-order valence-corrected chi connectivity index (χ2v) is 6.87. The Morgan fingerprint density at radius 3 is 2.36 bits per heavy atom. The predicted octanol–water partition coefficient (Wildman–Crippen LogP) is 1.14. The van der Waals surface area contributed by atoms with Crippen molar-refractivity contribution < 1.29 is 13.2 Å². The zero-order chi connectivity index (χ0) is 16.1. The maximum absolute atomic E-state index is 12.1. The Morgan fingerprint density at radius 1 is 1.27 bits per heavy atom. The molecule has 1 aromatic carbocycles. The molecule has 22 heavy (non-hydrogen) atoms. The Balaban J connectivity index is 0.00000441. The topological polar surface area (TPSA) is 115 Å². The van der Waals surface area contributed by atoms with Crippen LogP contribution in [0.15, 0.2) is 24.3 Å². The summed E-state index contributed by atoms with van der Waals surface area (Å²) >= 11 is 0. The van der Waals surface area contributed by atoms with Gasteiger partial charge < -0.3 is 11.1 Å². The van der Waals surface area contributed by atoms with Crippen molar-refractivity contribution >= 4 is 28.3 Å². The monoisotopic (exact) mass is 349 g/mol. The van der Waals surface area contributed by atoms with Gasteiger partial charge in [0.05, 0.1) is 5.75 Å². The lowest BCUT2D eigenvalue weighted by Gasteiger charge is -2.26. The van der Waals surface area contributed by atoms with E-state index in [1.165, 1.54) is 6.07 Å². The van der Waals surface area contributed by atoms with E-state index in [2.05, 4.69) is 5.32 Å². The van der Waals surface area contributed by atoms with Crippen LogP contribution in [0.3, 0.4) is 0 Å². The molecule has 0 saturated carbocycles. The average molecular weight is 350 g/mol. The lowest BCUT2D eigenvalue weighted by Crippen LogP contribution is -2.49. The summed E-state index contributed by atoms with van der Waals surface area (Å²) in [6.45, 7) is 4.32. The minimum Gasteiger partial charge on any atom is -0.350 e. The van der Waals surface area contributed by atoms with E-state index in [4.69, 9.17) is 10.9 Å². The third kappa shape index (κ3) is 6.74. The quantitative estimate of drug-likeness (QED) is 0.684. The van der Waals surface area contributed by atoms with Crippen LogP contribution in [0.1, 0.15) is 42.6 Å². The van der Waals surface area contributed by atoms with Crippen LogP contribution in [-0.2, 0) is 15.8 Å². The summed E-state index contributed by atoms with van der Waals surface area (Å²) in [5.74, 6) is -0.568. The van der Waals surface area contributed by atoms with Gasteiger partial charge in [0, 0.05) is 17.6 Å². The molecule has 5 N–H and O–H groups in total. The highest BCUT2D eigenvalue weighted by Crippen LogP contribution is 2.11. The second-order valence-electron chi connectivity index (χ2n) is 5.26. The number of halogens is 1. The second kappa shape index (κ2) is 8.47. The van der Waals surface area contributed by atoms with Crippen molar-refractivity contribution in [1.82, 2.24) is 5.32 Å². The van der Waals surface area contributed by atoms with Gasteiger partial charge in [-0.15, -0.1) is 12.4 Å². The maximum atomic E-state index is 12.1. The summed E-state index contributed by atoms with van der Waals surface area (Å²) < 4.78 is 22.2. The van der Waals surface area contributed by atoms with Crippen LogP contribution in [-0.4, -0.2) is 26.4 Å². The third-order valence-electron chi connectivity index (χ3n) is 3.57. The van der Waals surface area contributed by atoms with Crippen molar-refractivity contribution in [3.63, 3.8) is 0 Å². The molecular formula is C14H24ClN3O3S. The van der Waals surface area contributed by atoms with Crippen molar-refractivity contribution in [2.24, 2.45) is 10.9 Å². The molecule has 0 heterocycles. The fraction of sp³-hybridized carbons (Fsp3) is 0.500. The minimum atomic E-state index is -3.61. The summed E-state index contributed by atoms with van der Waals surface area (Å²) in [5, 5.41) is 7.79. The molecule has 126 valence electrons. The molecule has 0 bridgehead atoms. The summed E-state index contributed by atoms with van der Waals surface area (Å²) in [6, 6.07) is 6.39. The van der Waals surface area contributed by atoms with Crippen LogP contribution < -0.4 is 16.2 Å². The number of primary sulfonamides is 1. The van der Waals surface area contributed by atoms with Gasteiger partial charge in [0.1, 0.15) is 0 Å². The van der Waals surface area contributed by atoms with Crippen LogP contribution in [0.25, 0.3) is 0 Å². The van der Waals surface area contributed by atoms with Crippen LogP contribution in [0.5, 0.6) is 0 Å². The van der Waals surface area contributed by atoms with Gasteiger partial charge in [-0.3, -0.25) is 4.79 Å². The van der Waals surface area contributed by atoms with Gasteiger partial charge in [0.2, 0.25) is 10.0 Å². The van der Waals surface area contributed by atoms with Crippen molar-refractivity contribution in [3.8, 4) is 0 Å². The number of benzene rings is 1. The van der Waals surface area contributed by atoms with Gasteiger partial charge >= 0.3 is 0 Å². The number of carbonyl (C=O) groups excluding carboxylic acids is 1. The Labute approximate surface area is 138 Å². The Morgan fingerprint density at radius 2 is 1.86 bits per heavy atom. The minimum absolute atomic E-state index is 0. The van der Waals surface area contributed by atoms with E-state index in [-0.39, 0.29) is 24.1 Å². The predicted molar refractivity (Wildman–Crippen MR) is 90.3 cm³/mol. The van der Waals surface area contributed by atoms with Gasteiger partial charge in [-0.05, 0) is 30.5 Å². The summed E-state index contributed by atoms with van der Waals surface area (Å²) in [4.78, 5) is 12.1. The Bertz CT molecular complexity index is 601. The normalized spacial score (nSPS) is 11.6. The molecule has 1 aromatic rings. The zero-order valence-corrected chi connectivity index (χ0v) is 14.5. The summed E-state index contributed by atoms with van der Waals surface area (Å²) in [7, 11) is -3.61. The first-order chi connectivity index (χ1) is 9.69. The van der Waals surface area contributed by atoms with Gasteiger partial charge in [-0.2, -0.15) is 0 Å². The Hall–Kier alpha value is -1.15. The molecule has 0 unspecified atom stereocenters. The van der Waals surface area contributed by atoms with Crippen molar-refractivity contribution in [2.45, 2.75) is 38.0 Å². The van der Waals surface area contributed by atoms with Crippen LogP contribution >= 0.6 is 12.4 Å². The van der Waals surface area contributed by atoms with Crippen LogP contribution in [0, 0.1) is 0 Å². The number of nitrogens with two attached hydrogens (primary N) is 2. The van der Waals surface area contributed by atoms with Gasteiger partial charge in [0.15, 0.2) is 0 Å². The molecule has 0 saturated heterocycles. The number of sulfonamides is 1. The zero-order valence-electron chi connectivity index (χ0n) is 12.8. The highest BCUT2D eigenvalue weighted by atomic mass is 35.5. The molecule has 8 heteroatoms. The van der Waals surface area contributed by atoms with Crippen LogP contribution in [0.2, 0.25) is 0 Å². The first kappa shape index (κ1) is 20.9. The SMILES string of the molecule is CCC(N)(CC)CNC(=O)c1cccc(CS(N)(=O)=O)c1.Cl. The first-order valence-corrected chi connectivity index (χ1v) is 8.57. The number of amides is 1. The lowest BCUT2D eigenvalue weighted by atomic mass is 9.94. The smallest absolute Gasteiger partial charge is 0.251 e. The fourth-order valence-corrected chi connectivity index (χ4v) is 2.54. The number of rotatable bonds is 7. The highest BCUT2D eigenvalue weighted by molar-refractivity contribution is 7.88. The average Bonchev–Trinajstić information content (AvgIpc) is 2.43. The van der Waals surface area contributed by atoms with E-state index < -0.39 is 15.6 Å². The van der Waals surface area contributed by atoms with Gasteiger partial charge in [0.25, 0.3) is 5.91 Å². The fourth-order valence-electron chi connectivity index (χ4n) is 1.89. The summed E-state index contributed by atoms with van der Waals surface area (Å²) in [6.07, 6.45) is 1.52. The van der Waals surface area contributed by atoms with Crippen LogP contribution in [0.4, 0.5) is 0 Å². The standard InChI is InChI=1S/C14H23N3O3S.ClH/c1-3-14(15,4-2)10-17-13(18)12-7-5-6-11(8-12)9-21(16,19)20;/h5-8H,3-4,9-10,15H2,1-2H3,(H,17,18)(H2,16,19,20);1H. The van der Waals surface area contributed by atoms with Gasteiger partial charge in [-0.25, -0.2) is 13.6 Å². The molecule has 1 amide bonds. The largest absolute Gasteiger partial charge is 0.350 e. The molecule has 0 aliphatic carbocycles. The molecule has 0 aromatic heterocycles. The molecule has 0 aliphatic heterocycles. The summed E-state index contributed by atoms with van der Waals surface area (Å²) in [5.41, 5.74) is 6.58. The number of hydrogen-bond acceptors (Lipinski definition) is 4. The van der Waals surface area contributed by atoms with E-state index in [0.29, 0.717) is 17.7 Å². The number of hydrogen-bond donors (Lipinski definition) is 3. The van der Waals surface area contributed by atoms with E-state index in [1.807, 2.05) is 13.8 Å². The van der Waals surface area contributed by atoms with Crippen molar-refractivity contribution in [2.75, 3.05) is 6.54 Å². The third-order valence-corrected chi connectivity index (χ3v) is 4.30. The van der Waals surface area contributed by atoms with E-state index in [1.54, 1.807) is 18.2 Å². The maximum Gasteiger partial charge on any atom is 0.251 e. The van der Waals surface area contributed by atoms with E-state index >= 15 is 0 Å². The van der Waals surface area contributed by atoms with E-state index in [0.717, 1.165) is 12.8 Å². The lowest BCUT2D eigenvalue weighted by molar-refractivity contribution is 0.0942. The van der Waals surface area contributed by atoms with E-state index in [9.17, 15) is 13.2 Å². The molecule has 0 aliphatic rings. The van der Waals surface area contributed by atoms with Crippen molar-refractivity contribution in [1.29, 1.82) is 0 Å². The molecular weight excluding hydrogens is 326 g/mol. The Kier molecular flexibility index (Phi) is 8.03. The number of carbonyl (C=O) groups is 1. The molecule has 1 rings (SSSR count). The molecule has 0 radical (unpaired) electrons. The molecule has 0 fully saturated rings. The molecule has 6 nitrogen and oxygen atoms in total. The first-order valence-electron chi connectivity index (χ1n) is 6.85.